The molecule has 1 aromatic carbocycles. The Hall–Kier alpha value is -0.830. The molecule has 0 spiro atoms. The molecule has 2 nitrogen and oxygen atoms in total. The first kappa shape index (κ1) is 9.71. The summed E-state index contributed by atoms with van der Waals surface area (Å²) in [5.74, 6) is -0.701. The zero-order chi connectivity index (χ0) is 10.3. The molecule has 0 saturated heterocycles. The summed E-state index contributed by atoms with van der Waals surface area (Å²) >= 11 is 3.47. The number of benzene rings is 1. The molecular weight excluding hydrogens is 244 g/mol. The summed E-state index contributed by atoms with van der Waals surface area (Å²) in [6.07, 6.45) is 0.716. The number of fused-ring (bicyclic) bond motifs is 1. The summed E-state index contributed by atoms with van der Waals surface area (Å²) in [6.45, 7) is 2.08. The molecule has 1 aromatic rings. The van der Waals surface area contributed by atoms with Crippen LogP contribution in [0.5, 0.6) is 0 Å². The van der Waals surface area contributed by atoms with Crippen LogP contribution in [0.25, 0.3) is 0 Å². The van der Waals surface area contributed by atoms with Gasteiger partial charge in [-0.2, -0.15) is 0 Å². The fourth-order valence-corrected chi connectivity index (χ4v) is 2.98. The van der Waals surface area contributed by atoms with E-state index in [2.05, 4.69) is 22.9 Å². The zero-order valence-electron chi connectivity index (χ0n) is 7.83. The fourth-order valence-electron chi connectivity index (χ4n) is 2.21. The molecule has 0 aromatic heterocycles. The number of carboxylic acid groups (broad SMARTS) is 1. The number of carbonyl (C=O) groups is 1. The van der Waals surface area contributed by atoms with Crippen LogP contribution in [-0.2, 0) is 4.79 Å². The van der Waals surface area contributed by atoms with Crippen LogP contribution in [0, 0.1) is 0 Å². The monoisotopic (exact) mass is 254 g/mol. The SMILES string of the molecule is CC1CC(C(=O)O)c2cccc(Br)c21. The number of aliphatic carboxylic acids is 1. The van der Waals surface area contributed by atoms with Crippen LogP contribution in [0.4, 0.5) is 0 Å². The minimum absolute atomic E-state index is 0.322. The standard InChI is InChI=1S/C11H11BrO2/c1-6-5-8(11(13)14)7-3-2-4-9(12)10(6)7/h2-4,6,8H,5H2,1H3,(H,13,14). The van der Waals surface area contributed by atoms with Crippen molar-refractivity contribution in [1.29, 1.82) is 0 Å². The Bertz CT molecular complexity index is 387. The average Bonchev–Trinajstić information content (AvgIpc) is 2.45. The van der Waals surface area contributed by atoms with Crippen molar-refractivity contribution in [2.45, 2.75) is 25.2 Å². The van der Waals surface area contributed by atoms with Crippen LogP contribution < -0.4 is 0 Å². The molecule has 0 heterocycles. The highest BCUT2D eigenvalue weighted by atomic mass is 79.9. The van der Waals surface area contributed by atoms with Gasteiger partial charge in [0, 0.05) is 4.47 Å². The summed E-state index contributed by atoms with van der Waals surface area (Å²) in [4.78, 5) is 11.0. The van der Waals surface area contributed by atoms with Gasteiger partial charge in [0.25, 0.3) is 0 Å². The van der Waals surface area contributed by atoms with Crippen molar-refractivity contribution in [3.63, 3.8) is 0 Å². The molecule has 2 unspecified atom stereocenters. The lowest BCUT2D eigenvalue weighted by Crippen LogP contribution is -2.07. The van der Waals surface area contributed by atoms with E-state index < -0.39 is 5.97 Å². The Morgan fingerprint density at radius 2 is 2.29 bits per heavy atom. The predicted octanol–water partition coefficient (Wildman–Crippen LogP) is 3.12. The van der Waals surface area contributed by atoms with Gasteiger partial charge in [0.2, 0.25) is 0 Å². The molecule has 0 radical (unpaired) electrons. The molecule has 0 bridgehead atoms. The van der Waals surface area contributed by atoms with Crippen LogP contribution >= 0.6 is 15.9 Å². The van der Waals surface area contributed by atoms with E-state index in [0.29, 0.717) is 12.3 Å². The van der Waals surface area contributed by atoms with Crippen molar-refractivity contribution in [2.24, 2.45) is 0 Å². The first-order valence-corrected chi connectivity index (χ1v) is 5.41. The van der Waals surface area contributed by atoms with Crippen molar-refractivity contribution in [3.05, 3.63) is 33.8 Å². The van der Waals surface area contributed by atoms with E-state index in [-0.39, 0.29) is 5.92 Å². The van der Waals surface area contributed by atoms with Gasteiger partial charge in [-0.05, 0) is 29.5 Å². The molecule has 2 atom stereocenters. The Morgan fingerprint density at radius 1 is 1.57 bits per heavy atom. The van der Waals surface area contributed by atoms with Crippen molar-refractivity contribution >= 4 is 21.9 Å². The van der Waals surface area contributed by atoms with Gasteiger partial charge in [-0.25, -0.2) is 0 Å². The first-order chi connectivity index (χ1) is 6.61. The molecule has 14 heavy (non-hydrogen) atoms. The van der Waals surface area contributed by atoms with Crippen LogP contribution in [0.2, 0.25) is 0 Å². The molecule has 0 saturated carbocycles. The lowest BCUT2D eigenvalue weighted by atomic mass is 10.0. The minimum Gasteiger partial charge on any atom is -0.481 e. The molecule has 0 amide bonds. The zero-order valence-corrected chi connectivity index (χ0v) is 9.41. The number of hydrogen-bond acceptors (Lipinski definition) is 1. The number of hydrogen-bond donors (Lipinski definition) is 1. The van der Waals surface area contributed by atoms with Crippen LogP contribution in [0.15, 0.2) is 22.7 Å². The quantitative estimate of drug-likeness (QED) is 0.837. The second kappa shape index (κ2) is 3.39. The van der Waals surface area contributed by atoms with Crippen molar-refractivity contribution < 1.29 is 9.90 Å². The molecule has 0 fully saturated rings. The van der Waals surface area contributed by atoms with E-state index >= 15 is 0 Å². The number of rotatable bonds is 1. The summed E-state index contributed by atoms with van der Waals surface area (Å²) in [7, 11) is 0. The Kier molecular flexibility index (Phi) is 2.35. The molecule has 0 aliphatic heterocycles. The highest BCUT2D eigenvalue weighted by Crippen LogP contribution is 2.44. The van der Waals surface area contributed by atoms with Crippen molar-refractivity contribution in [3.8, 4) is 0 Å². The smallest absolute Gasteiger partial charge is 0.311 e. The van der Waals surface area contributed by atoms with Crippen LogP contribution in [0.3, 0.4) is 0 Å². The maximum atomic E-state index is 11.0. The molecule has 1 N–H and O–H groups in total. The Morgan fingerprint density at radius 3 is 2.93 bits per heavy atom. The van der Waals surface area contributed by atoms with Gasteiger partial charge in [-0.15, -0.1) is 0 Å². The second-order valence-electron chi connectivity index (χ2n) is 3.77. The normalized spacial score (nSPS) is 24.7. The third-order valence-corrected chi connectivity index (χ3v) is 3.53. The van der Waals surface area contributed by atoms with E-state index in [1.54, 1.807) is 0 Å². The van der Waals surface area contributed by atoms with E-state index in [1.165, 1.54) is 5.56 Å². The van der Waals surface area contributed by atoms with E-state index in [9.17, 15) is 4.79 Å². The summed E-state index contributed by atoms with van der Waals surface area (Å²) < 4.78 is 1.03. The molecular formula is C11H11BrO2. The summed E-state index contributed by atoms with van der Waals surface area (Å²) in [6, 6.07) is 5.79. The van der Waals surface area contributed by atoms with E-state index in [0.717, 1.165) is 10.0 Å². The van der Waals surface area contributed by atoms with Crippen LogP contribution in [-0.4, -0.2) is 11.1 Å². The highest BCUT2D eigenvalue weighted by Gasteiger charge is 2.33. The third-order valence-electron chi connectivity index (χ3n) is 2.84. The van der Waals surface area contributed by atoms with Gasteiger partial charge in [0.15, 0.2) is 0 Å². The van der Waals surface area contributed by atoms with E-state index in [1.807, 2.05) is 18.2 Å². The fraction of sp³-hybridized carbons (Fsp3) is 0.364. The molecule has 1 aliphatic carbocycles. The average molecular weight is 255 g/mol. The van der Waals surface area contributed by atoms with Gasteiger partial charge in [0.1, 0.15) is 0 Å². The third kappa shape index (κ3) is 1.36. The summed E-state index contributed by atoms with van der Waals surface area (Å²) in [5.41, 5.74) is 2.14. The molecule has 1 aliphatic rings. The number of carboxylic acids is 1. The predicted molar refractivity (Wildman–Crippen MR) is 57.6 cm³/mol. The molecule has 2 rings (SSSR count). The van der Waals surface area contributed by atoms with Crippen molar-refractivity contribution in [1.82, 2.24) is 0 Å². The Balaban J connectivity index is 2.55. The molecule has 74 valence electrons. The van der Waals surface area contributed by atoms with Gasteiger partial charge in [0.05, 0.1) is 5.92 Å². The second-order valence-corrected chi connectivity index (χ2v) is 4.62. The lowest BCUT2D eigenvalue weighted by molar-refractivity contribution is -0.138. The van der Waals surface area contributed by atoms with Gasteiger partial charge in [-0.1, -0.05) is 35.0 Å². The van der Waals surface area contributed by atoms with Gasteiger partial charge in [-0.3, -0.25) is 4.79 Å². The van der Waals surface area contributed by atoms with Gasteiger partial charge < -0.3 is 5.11 Å². The van der Waals surface area contributed by atoms with Crippen LogP contribution in [0.1, 0.15) is 36.3 Å². The Labute approximate surface area is 91.1 Å². The lowest BCUT2D eigenvalue weighted by Gasteiger charge is -2.06. The minimum atomic E-state index is -0.714. The van der Waals surface area contributed by atoms with Gasteiger partial charge >= 0.3 is 5.97 Å². The maximum absolute atomic E-state index is 11.0. The largest absolute Gasteiger partial charge is 0.481 e. The highest BCUT2D eigenvalue weighted by molar-refractivity contribution is 9.10. The van der Waals surface area contributed by atoms with Crippen molar-refractivity contribution in [2.75, 3.05) is 0 Å². The topological polar surface area (TPSA) is 37.3 Å². The van der Waals surface area contributed by atoms with E-state index in [4.69, 9.17) is 5.11 Å². The molecule has 3 heteroatoms. The first-order valence-electron chi connectivity index (χ1n) is 4.62. The maximum Gasteiger partial charge on any atom is 0.311 e. The number of halogens is 1. The summed E-state index contributed by atoms with van der Waals surface area (Å²) in [5, 5.41) is 9.05.